The number of fused-ring (bicyclic) bond motifs is 1. The fraction of sp³-hybridized carbons (Fsp3) is 0.143. The number of carbonyl (C=O) groups excluding carboxylic acids is 2. The number of furan rings is 1. The van der Waals surface area contributed by atoms with Gasteiger partial charge >= 0.3 is 5.97 Å². The predicted molar refractivity (Wildman–Crippen MR) is 102 cm³/mol. The largest absolute Gasteiger partial charge is 0.508 e. The molecule has 3 aromatic rings. The second kappa shape index (κ2) is 7.96. The molecule has 0 aliphatic carbocycles. The van der Waals surface area contributed by atoms with Gasteiger partial charge in [-0.2, -0.15) is 0 Å². The molecule has 0 fully saturated rings. The van der Waals surface area contributed by atoms with Gasteiger partial charge in [0.15, 0.2) is 0 Å². The van der Waals surface area contributed by atoms with E-state index in [1.54, 1.807) is 6.07 Å². The molecule has 0 saturated carbocycles. The van der Waals surface area contributed by atoms with Crippen molar-refractivity contribution in [2.45, 2.75) is 6.42 Å². The van der Waals surface area contributed by atoms with E-state index in [9.17, 15) is 19.1 Å². The molecule has 6 nitrogen and oxygen atoms in total. The number of benzene rings is 2. The molecule has 0 aliphatic rings. The molecule has 1 aromatic heterocycles. The Morgan fingerprint density at radius 2 is 1.93 bits per heavy atom. The van der Waals surface area contributed by atoms with Gasteiger partial charge in [0.25, 0.3) is 5.91 Å². The Hall–Kier alpha value is -3.61. The van der Waals surface area contributed by atoms with Crippen LogP contribution in [-0.4, -0.2) is 31.1 Å². The van der Waals surface area contributed by atoms with Gasteiger partial charge in [-0.1, -0.05) is 6.08 Å². The number of allylic oxidation sites excluding steroid dienone is 1. The van der Waals surface area contributed by atoms with Crippen molar-refractivity contribution in [1.29, 1.82) is 0 Å². The monoisotopic (exact) mass is 383 g/mol. The lowest BCUT2D eigenvalue weighted by molar-refractivity contribution is -0.134. The normalized spacial score (nSPS) is 11.1. The van der Waals surface area contributed by atoms with Crippen LogP contribution in [0.3, 0.4) is 0 Å². The number of methoxy groups -OCH3 is 1. The Labute approximate surface area is 160 Å². The van der Waals surface area contributed by atoms with Gasteiger partial charge in [-0.3, -0.25) is 4.79 Å². The van der Waals surface area contributed by atoms with Gasteiger partial charge in [-0.05, 0) is 42.8 Å². The topological polar surface area (TPSA) is 88.8 Å². The molecule has 0 atom stereocenters. The molecule has 2 N–H and O–H groups in total. The number of hydrogen-bond acceptors (Lipinski definition) is 5. The second-order valence-electron chi connectivity index (χ2n) is 5.96. The van der Waals surface area contributed by atoms with E-state index < -0.39 is 17.7 Å². The third-order valence-corrected chi connectivity index (χ3v) is 4.28. The summed E-state index contributed by atoms with van der Waals surface area (Å²) in [5.41, 5.74) is 1.55. The highest BCUT2D eigenvalue weighted by molar-refractivity contribution is 6.12. The Bertz CT molecular complexity index is 1070. The lowest BCUT2D eigenvalue weighted by Gasteiger charge is -2.06. The first-order valence-electron chi connectivity index (χ1n) is 8.46. The molecule has 0 bridgehead atoms. The Morgan fingerprint density at radius 1 is 1.21 bits per heavy atom. The number of phenolic OH excluding ortho intramolecular Hbond substituents is 1. The molecule has 0 radical (unpaired) electrons. The molecule has 0 saturated heterocycles. The number of hydrogen-bond donors (Lipinski definition) is 2. The van der Waals surface area contributed by atoms with Crippen molar-refractivity contribution in [2.75, 3.05) is 14.2 Å². The minimum Gasteiger partial charge on any atom is -0.508 e. The zero-order valence-corrected chi connectivity index (χ0v) is 15.3. The minimum atomic E-state index is -0.530. The van der Waals surface area contributed by atoms with Crippen LogP contribution in [0.2, 0.25) is 0 Å². The van der Waals surface area contributed by atoms with Gasteiger partial charge in [0, 0.05) is 29.6 Å². The Balaban J connectivity index is 2.22. The first-order valence-corrected chi connectivity index (χ1v) is 8.46. The van der Waals surface area contributed by atoms with E-state index in [1.165, 1.54) is 56.6 Å². The molecular formula is C21H18FNO5. The van der Waals surface area contributed by atoms with Gasteiger partial charge in [-0.25, -0.2) is 9.18 Å². The highest BCUT2D eigenvalue weighted by atomic mass is 19.1. The summed E-state index contributed by atoms with van der Waals surface area (Å²) in [6.07, 6.45) is 2.93. The zero-order chi connectivity index (χ0) is 20.3. The second-order valence-corrected chi connectivity index (χ2v) is 5.96. The lowest BCUT2D eigenvalue weighted by Crippen LogP contribution is -2.18. The minimum absolute atomic E-state index is 0.0429. The molecule has 1 heterocycles. The van der Waals surface area contributed by atoms with E-state index >= 15 is 0 Å². The van der Waals surface area contributed by atoms with E-state index in [0.29, 0.717) is 22.1 Å². The molecule has 0 unspecified atom stereocenters. The summed E-state index contributed by atoms with van der Waals surface area (Å²) in [5.74, 6) is -1.14. The molecule has 7 heteroatoms. The van der Waals surface area contributed by atoms with Crippen LogP contribution in [0.25, 0.3) is 22.3 Å². The number of halogens is 1. The van der Waals surface area contributed by atoms with Crippen LogP contribution in [-0.2, 0) is 16.0 Å². The summed E-state index contributed by atoms with van der Waals surface area (Å²) < 4.78 is 23.7. The van der Waals surface area contributed by atoms with Crippen molar-refractivity contribution in [3.8, 4) is 17.1 Å². The van der Waals surface area contributed by atoms with E-state index in [4.69, 9.17) is 4.42 Å². The highest BCUT2D eigenvalue weighted by Crippen LogP contribution is 2.39. The molecular weight excluding hydrogens is 365 g/mol. The standard InChI is InChI=1S/C21H18FNO5/c1-23-21(26)19-18-14(4-3-5-17(25)27-2)15(24)10-11-16(18)28-20(19)12-6-8-13(22)9-7-12/h3,5-11,24H,4H2,1-2H3,(H,23,26). The summed E-state index contributed by atoms with van der Waals surface area (Å²) in [6.45, 7) is 0. The number of aromatic hydroxyl groups is 1. The first kappa shape index (κ1) is 19.2. The third-order valence-electron chi connectivity index (χ3n) is 4.28. The molecule has 0 spiro atoms. The number of amides is 1. The van der Waals surface area contributed by atoms with Crippen molar-refractivity contribution < 1.29 is 28.2 Å². The van der Waals surface area contributed by atoms with Crippen molar-refractivity contribution in [1.82, 2.24) is 5.32 Å². The van der Waals surface area contributed by atoms with Gasteiger partial charge in [0.05, 0.1) is 12.7 Å². The van der Waals surface area contributed by atoms with E-state index in [-0.39, 0.29) is 23.5 Å². The first-order chi connectivity index (χ1) is 13.5. The molecule has 144 valence electrons. The molecule has 1 amide bonds. The maximum Gasteiger partial charge on any atom is 0.330 e. The SMILES string of the molecule is CNC(=O)c1c(-c2ccc(F)cc2)oc2ccc(O)c(CC=CC(=O)OC)c12. The van der Waals surface area contributed by atoms with Crippen LogP contribution in [0.15, 0.2) is 53.0 Å². The van der Waals surface area contributed by atoms with Gasteiger partial charge < -0.3 is 19.6 Å². The summed E-state index contributed by atoms with van der Waals surface area (Å²) in [6, 6.07) is 8.57. The summed E-state index contributed by atoms with van der Waals surface area (Å²) in [7, 11) is 2.74. The van der Waals surface area contributed by atoms with Crippen LogP contribution in [0.1, 0.15) is 15.9 Å². The van der Waals surface area contributed by atoms with E-state index in [0.717, 1.165) is 0 Å². The molecule has 0 aliphatic heterocycles. The average molecular weight is 383 g/mol. The highest BCUT2D eigenvalue weighted by Gasteiger charge is 2.24. The summed E-state index contributed by atoms with van der Waals surface area (Å²) in [4.78, 5) is 23.9. The predicted octanol–water partition coefficient (Wildman–Crippen LogP) is 3.58. The lowest BCUT2D eigenvalue weighted by atomic mass is 9.98. The number of rotatable bonds is 5. The van der Waals surface area contributed by atoms with E-state index in [1.807, 2.05) is 0 Å². The maximum absolute atomic E-state index is 13.3. The van der Waals surface area contributed by atoms with E-state index in [2.05, 4.69) is 10.1 Å². The number of nitrogens with one attached hydrogen (secondary N) is 1. The van der Waals surface area contributed by atoms with Gasteiger partial charge in [-0.15, -0.1) is 0 Å². The summed E-state index contributed by atoms with van der Waals surface area (Å²) >= 11 is 0. The number of carbonyl (C=O) groups is 2. The fourth-order valence-electron chi connectivity index (χ4n) is 2.94. The van der Waals surface area contributed by atoms with Crippen LogP contribution in [0.5, 0.6) is 5.75 Å². The number of phenols is 1. The number of esters is 1. The fourth-order valence-corrected chi connectivity index (χ4v) is 2.94. The third kappa shape index (κ3) is 3.59. The Kier molecular flexibility index (Phi) is 5.44. The smallest absolute Gasteiger partial charge is 0.330 e. The van der Waals surface area contributed by atoms with Crippen LogP contribution in [0, 0.1) is 5.82 Å². The van der Waals surface area contributed by atoms with Crippen LogP contribution in [0.4, 0.5) is 4.39 Å². The quantitative estimate of drug-likeness (QED) is 0.519. The van der Waals surface area contributed by atoms with Gasteiger partial charge in [0.1, 0.15) is 22.9 Å². The van der Waals surface area contributed by atoms with Crippen molar-refractivity contribution in [2.24, 2.45) is 0 Å². The maximum atomic E-state index is 13.3. The van der Waals surface area contributed by atoms with Crippen molar-refractivity contribution in [3.05, 3.63) is 65.5 Å². The molecule has 3 rings (SSSR count). The van der Waals surface area contributed by atoms with Crippen LogP contribution < -0.4 is 5.32 Å². The number of ether oxygens (including phenoxy) is 1. The van der Waals surface area contributed by atoms with Crippen LogP contribution >= 0.6 is 0 Å². The Morgan fingerprint density at radius 3 is 2.57 bits per heavy atom. The van der Waals surface area contributed by atoms with Crippen molar-refractivity contribution in [3.63, 3.8) is 0 Å². The average Bonchev–Trinajstić information content (AvgIpc) is 3.09. The van der Waals surface area contributed by atoms with Gasteiger partial charge in [0.2, 0.25) is 0 Å². The van der Waals surface area contributed by atoms with Crippen molar-refractivity contribution >= 4 is 22.8 Å². The summed E-state index contributed by atoms with van der Waals surface area (Å²) in [5, 5.41) is 13.3. The molecule has 2 aromatic carbocycles. The molecule has 28 heavy (non-hydrogen) atoms. The zero-order valence-electron chi connectivity index (χ0n) is 15.3.